The molecule has 0 saturated carbocycles. The number of rotatable bonds is 2. The molecule has 1 heterocycles. The number of hydrogen-bond donors (Lipinski definition) is 1. The highest BCUT2D eigenvalue weighted by Gasteiger charge is 2.09. The van der Waals surface area contributed by atoms with E-state index >= 15 is 0 Å². The second-order valence-corrected chi connectivity index (χ2v) is 5.32. The second kappa shape index (κ2) is 5.09. The molecule has 0 atom stereocenters. The maximum absolute atomic E-state index is 12.5. The van der Waals surface area contributed by atoms with Crippen LogP contribution < -0.4 is 11.3 Å². The molecular formula is C15H12BrN3O. The highest BCUT2D eigenvalue weighted by Crippen LogP contribution is 2.25. The number of nitrogens with two attached hydrogens (primary N) is 1. The number of benzene rings is 2. The first kappa shape index (κ1) is 12.9. The second-order valence-electron chi connectivity index (χ2n) is 4.53. The Bertz CT molecular complexity index is 828. The lowest BCUT2D eigenvalue weighted by atomic mass is 10.2. The summed E-state index contributed by atoms with van der Waals surface area (Å²) >= 11 is 3.37. The van der Waals surface area contributed by atoms with Crippen molar-refractivity contribution in [2.75, 3.05) is 5.73 Å². The minimum absolute atomic E-state index is 0.0699. The lowest BCUT2D eigenvalue weighted by molar-refractivity contribution is 0.748. The molecule has 3 rings (SSSR count). The van der Waals surface area contributed by atoms with E-state index < -0.39 is 0 Å². The molecule has 0 fully saturated rings. The van der Waals surface area contributed by atoms with E-state index in [0.717, 1.165) is 5.56 Å². The number of hydrogen-bond acceptors (Lipinski definition) is 3. The quantitative estimate of drug-likeness (QED) is 0.735. The van der Waals surface area contributed by atoms with Crippen molar-refractivity contribution in [3.63, 3.8) is 0 Å². The average Bonchev–Trinajstić information content (AvgIpc) is 2.47. The van der Waals surface area contributed by atoms with E-state index in [1.54, 1.807) is 23.0 Å². The van der Waals surface area contributed by atoms with Crippen LogP contribution in [-0.4, -0.2) is 9.55 Å². The minimum Gasteiger partial charge on any atom is -0.398 e. The fourth-order valence-corrected chi connectivity index (χ4v) is 2.55. The van der Waals surface area contributed by atoms with Crippen LogP contribution in [-0.2, 0) is 6.54 Å². The largest absolute Gasteiger partial charge is 0.398 e. The van der Waals surface area contributed by atoms with Gasteiger partial charge in [-0.05, 0) is 33.6 Å². The van der Waals surface area contributed by atoms with Crippen LogP contribution in [0.15, 0.2) is 58.1 Å². The molecule has 100 valence electrons. The maximum atomic E-state index is 12.5. The van der Waals surface area contributed by atoms with Crippen molar-refractivity contribution in [3.8, 4) is 0 Å². The number of nitrogens with zero attached hydrogens (tertiary/aromatic N) is 2. The molecule has 2 N–H and O–H groups in total. The first-order valence-corrected chi connectivity index (χ1v) is 6.93. The van der Waals surface area contributed by atoms with Crippen LogP contribution in [0.5, 0.6) is 0 Å². The van der Waals surface area contributed by atoms with E-state index in [2.05, 4.69) is 20.9 Å². The third-order valence-electron chi connectivity index (χ3n) is 3.16. The van der Waals surface area contributed by atoms with Crippen molar-refractivity contribution in [1.82, 2.24) is 9.55 Å². The fraction of sp³-hybridized carbons (Fsp3) is 0.0667. The van der Waals surface area contributed by atoms with Gasteiger partial charge in [0.25, 0.3) is 5.56 Å². The van der Waals surface area contributed by atoms with Crippen molar-refractivity contribution in [2.45, 2.75) is 6.54 Å². The number of aromatic nitrogens is 2. The lowest BCUT2D eigenvalue weighted by Crippen LogP contribution is -2.21. The summed E-state index contributed by atoms with van der Waals surface area (Å²) in [6.07, 6.45) is 1.56. The fourth-order valence-electron chi connectivity index (χ4n) is 2.11. The smallest absolute Gasteiger partial charge is 0.261 e. The predicted octanol–water partition coefficient (Wildman–Crippen LogP) is 2.79. The summed E-state index contributed by atoms with van der Waals surface area (Å²) in [5, 5.41) is 0.560. The Morgan fingerprint density at radius 2 is 1.90 bits per heavy atom. The van der Waals surface area contributed by atoms with Gasteiger partial charge < -0.3 is 5.73 Å². The highest BCUT2D eigenvalue weighted by molar-refractivity contribution is 9.10. The molecule has 0 bridgehead atoms. The van der Waals surface area contributed by atoms with Crippen LogP contribution in [0, 0.1) is 0 Å². The van der Waals surface area contributed by atoms with E-state index in [0.29, 0.717) is 27.6 Å². The molecular weight excluding hydrogens is 318 g/mol. The summed E-state index contributed by atoms with van der Waals surface area (Å²) in [7, 11) is 0. The summed E-state index contributed by atoms with van der Waals surface area (Å²) < 4.78 is 2.26. The standard InChI is InChI=1S/C15H12BrN3O/c16-13-12(17)7-6-11-14(13)18-9-19(15(11)20)8-10-4-2-1-3-5-10/h1-7,9H,8,17H2. The molecule has 20 heavy (non-hydrogen) atoms. The Hall–Kier alpha value is -2.14. The van der Waals surface area contributed by atoms with Crippen LogP contribution in [0.2, 0.25) is 0 Å². The first-order chi connectivity index (χ1) is 9.66. The Morgan fingerprint density at radius 3 is 2.65 bits per heavy atom. The van der Waals surface area contributed by atoms with Gasteiger partial charge in [0.05, 0.1) is 28.2 Å². The number of fused-ring (bicyclic) bond motifs is 1. The van der Waals surface area contributed by atoms with Crippen molar-refractivity contribution in [2.24, 2.45) is 0 Å². The molecule has 3 aromatic rings. The van der Waals surface area contributed by atoms with E-state index in [1.165, 1.54) is 0 Å². The topological polar surface area (TPSA) is 60.9 Å². The zero-order valence-corrected chi connectivity index (χ0v) is 12.2. The molecule has 0 spiro atoms. The van der Waals surface area contributed by atoms with E-state index in [9.17, 15) is 4.79 Å². The van der Waals surface area contributed by atoms with Crippen LogP contribution in [0.25, 0.3) is 10.9 Å². The SMILES string of the molecule is Nc1ccc2c(=O)n(Cc3ccccc3)cnc2c1Br. The Balaban J connectivity index is 2.13. The third-order valence-corrected chi connectivity index (χ3v) is 3.99. The zero-order valence-electron chi connectivity index (χ0n) is 10.6. The Morgan fingerprint density at radius 1 is 1.15 bits per heavy atom. The molecule has 1 aromatic heterocycles. The van der Waals surface area contributed by atoms with Gasteiger partial charge in [0.1, 0.15) is 0 Å². The van der Waals surface area contributed by atoms with Crippen molar-refractivity contribution in [1.29, 1.82) is 0 Å². The van der Waals surface area contributed by atoms with Crippen LogP contribution in [0.3, 0.4) is 0 Å². The molecule has 0 aliphatic carbocycles. The summed E-state index contributed by atoms with van der Waals surface area (Å²) in [6, 6.07) is 13.2. The molecule has 5 heteroatoms. The summed E-state index contributed by atoms with van der Waals surface area (Å²) in [5.74, 6) is 0. The molecule has 0 unspecified atom stereocenters. The lowest BCUT2D eigenvalue weighted by Gasteiger charge is -2.08. The molecule has 0 saturated heterocycles. The maximum Gasteiger partial charge on any atom is 0.261 e. The third kappa shape index (κ3) is 2.20. The number of anilines is 1. The average molecular weight is 330 g/mol. The van der Waals surface area contributed by atoms with Crippen LogP contribution >= 0.6 is 15.9 Å². The molecule has 2 aromatic carbocycles. The van der Waals surface area contributed by atoms with Gasteiger partial charge >= 0.3 is 0 Å². The van der Waals surface area contributed by atoms with Gasteiger partial charge in [-0.3, -0.25) is 9.36 Å². The molecule has 0 amide bonds. The van der Waals surface area contributed by atoms with Gasteiger partial charge in [-0.15, -0.1) is 0 Å². The summed E-state index contributed by atoms with van der Waals surface area (Å²) in [4.78, 5) is 16.8. The first-order valence-electron chi connectivity index (χ1n) is 6.14. The molecule has 4 nitrogen and oxygen atoms in total. The Kier molecular flexibility index (Phi) is 3.28. The predicted molar refractivity (Wildman–Crippen MR) is 83.7 cm³/mol. The van der Waals surface area contributed by atoms with E-state index in [1.807, 2.05) is 30.3 Å². The zero-order chi connectivity index (χ0) is 14.1. The molecule has 0 aliphatic heterocycles. The van der Waals surface area contributed by atoms with Crippen molar-refractivity contribution < 1.29 is 0 Å². The number of nitrogen functional groups attached to an aromatic ring is 1. The van der Waals surface area contributed by atoms with Crippen LogP contribution in [0.4, 0.5) is 5.69 Å². The van der Waals surface area contributed by atoms with Gasteiger partial charge in [0, 0.05) is 5.69 Å². The minimum atomic E-state index is -0.0699. The van der Waals surface area contributed by atoms with Gasteiger partial charge in [-0.2, -0.15) is 0 Å². The van der Waals surface area contributed by atoms with E-state index in [-0.39, 0.29) is 5.56 Å². The normalized spacial score (nSPS) is 10.8. The molecule has 0 aliphatic rings. The van der Waals surface area contributed by atoms with Gasteiger partial charge in [-0.25, -0.2) is 4.98 Å². The monoisotopic (exact) mass is 329 g/mol. The van der Waals surface area contributed by atoms with Crippen molar-refractivity contribution >= 4 is 32.5 Å². The van der Waals surface area contributed by atoms with Gasteiger partial charge in [0.2, 0.25) is 0 Å². The van der Waals surface area contributed by atoms with Crippen molar-refractivity contribution in [3.05, 3.63) is 69.2 Å². The van der Waals surface area contributed by atoms with Crippen LogP contribution in [0.1, 0.15) is 5.56 Å². The number of halogens is 1. The molecule has 0 radical (unpaired) electrons. The van der Waals surface area contributed by atoms with E-state index in [4.69, 9.17) is 5.73 Å². The van der Waals surface area contributed by atoms with Gasteiger partial charge in [-0.1, -0.05) is 30.3 Å². The summed E-state index contributed by atoms with van der Waals surface area (Å²) in [6.45, 7) is 0.505. The Labute approximate surface area is 124 Å². The summed E-state index contributed by atoms with van der Waals surface area (Å²) in [5.41, 5.74) is 7.96. The highest BCUT2D eigenvalue weighted by atomic mass is 79.9. The van der Waals surface area contributed by atoms with Gasteiger partial charge in [0.15, 0.2) is 0 Å².